The molecular weight excluding hydrogens is 409 g/mol. The Morgan fingerprint density at radius 2 is 1.79 bits per heavy atom. The van der Waals surface area contributed by atoms with Crippen LogP contribution in [0.25, 0.3) is 33.1 Å². The van der Waals surface area contributed by atoms with Crippen molar-refractivity contribution < 1.29 is 4.79 Å². The zero-order valence-corrected chi connectivity index (χ0v) is 17.7. The number of nitrogens with zero attached hydrogens (tertiary/aromatic N) is 2. The first kappa shape index (κ1) is 19.6. The van der Waals surface area contributed by atoms with E-state index in [2.05, 4.69) is 11.4 Å². The van der Waals surface area contributed by atoms with Gasteiger partial charge in [-0.05, 0) is 37.3 Å². The Labute approximate surface area is 177 Å². The smallest absolute Gasteiger partial charge is 0.259 e. The normalized spacial score (nSPS) is 11.3. The molecular formula is C22H19Cl2N3O2. The van der Waals surface area contributed by atoms with E-state index in [1.54, 1.807) is 36.9 Å². The number of carbonyl (C=O) groups excluding carboxylic acids is 1. The van der Waals surface area contributed by atoms with Gasteiger partial charge in [0.25, 0.3) is 5.56 Å². The van der Waals surface area contributed by atoms with Gasteiger partial charge >= 0.3 is 0 Å². The molecule has 0 atom stereocenters. The fourth-order valence-corrected chi connectivity index (χ4v) is 4.26. The van der Waals surface area contributed by atoms with Crippen LogP contribution in [0.1, 0.15) is 5.56 Å². The molecule has 2 aromatic heterocycles. The first-order valence-corrected chi connectivity index (χ1v) is 9.86. The molecule has 0 bridgehead atoms. The zero-order chi connectivity index (χ0) is 20.9. The van der Waals surface area contributed by atoms with Gasteiger partial charge in [-0.25, -0.2) is 0 Å². The van der Waals surface area contributed by atoms with Gasteiger partial charge in [0.05, 0.1) is 10.5 Å². The average Bonchev–Trinajstić information content (AvgIpc) is 2.97. The molecule has 148 valence electrons. The third-order valence-corrected chi connectivity index (χ3v) is 5.72. The molecule has 29 heavy (non-hydrogen) atoms. The zero-order valence-electron chi connectivity index (χ0n) is 16.2. The van der Waals surface area contributed by atoms with E-state index in [0.717, 1.165) is 21.9 Å². The molecule has 1 N–H and O–H groups in total. The number of hydrogen-bond donors (Lipinski definition) is 1. The summed E-state index contributed by atoms with van der Waals surface area (Å²) in [4.78, 5) is 25.4. The summed E-state index contributed by atoms with van der Waals surface area (Å²) in [5.41, 5.74) is 3.59. The van der Waals surface area contributed by atoms with Crippen molar-refractivity contribution in [2.45, 2.75) is 13.5 Å². The molecule has 0 radical (unpaired) electrons. The largest absolute Gasteiger partial charge is 0.358 e. The molecule has 2 heterocycles. The number of hydrogen-bond acceptors (Lipinski definition) is 2. The minimum absolute atomic E-state index is 0.119. The second kappa shape index (κ2) is 7.25. The van der Waals surface area contributed by atoms with Gasteiger partial charge in [0.2, 0.25) is 5.91 Å². The summed E-state index contributed by atoms with van der Waals surface area (Å²) in [6, 6.07) is 13.0. The molecule has 4 rings (SSSR count). The van der Waals surface area contributed by atoms with Crippen LogP contribution in [0.2, 0.25) is 10.0 Å². The number of amides is 1. The van der Waals surface area contributed by atoms with E-state index < -0.39 is 0 Å². The lowest BCUT2D eigenvalue weighted by atomic mass is 10.0. The number of aryl methyl sites for hydroxylation is 2. The van der Waals surface area contributed by atoms with E-state index in [-0.39, 0.29) is 18.0 Å². The van der Waals surface area contributed by atoms with Gasteiger partial charge in [0, 0.05) is 41.0 Å². The summed E-state index contributed by atoms with van der Waals surface area (Å²) in [6.45, 7) is 2.13. The molecule has 0 fully saturated rings. The molecule has 0 saturated heterocycles. The van der Waals surface area contributed by atoms with Gasteiger partial charge in [-0.2, -0.15) is 0 Å². The molecule has 0 saturated carbocycles. The van der Waals surface area contributed by atoms with E-state index in [1.165, 1.54) is 0 Å². The summed E-state index contributed by atoms with van der Waals surface area (Å²) in [5.74, 6) is -0.137. The Kier molecular flexibility index (Phi) is 4.89. The number of aromatic nitrogens is 2. The highest BCUT2D eigenvalue weighted by Gasteiger charge is 2.19. The second-order valence-electron chi connectivity index (χ2n) is 7.06. The number of nitrogens with one attached hydrogen (secondary N) is 1. The van der Waals surface area contributed by atoms with Gasteiger partial charge in [-0.1, -0.05) is 40.9 Å². The number of fused-ring (bicyclic) bond motifs is 3. The quantitative estimate of drug-likeness (QED) is 0.522. The van der Waals surface area contributed by atoms with Crippen molar-refractivity contribution in [3.05, 3.63) is 68.4 Å². The highest BCUT2D eigenvalue weighted by atomic mass is 35.5. The highest BCUT2D eigenvalue weighted by molar-refractivity contribution is 6.36. The van der Waals surface area contributed by atoms with Crippen molar-refractivity contribution in [2.75, 3.05) is 7.05 Å². The maximum absolute atomic E-state index is 13.2. The molecule has 0 aliphatic heterocycles. The number of carbonyl (C=O) groups is 1. The minimum atomic E-state index is -0.195. The lowest BCUT2D eigenvalue weighted by Crippen LogP contribution is -2.26. The van der Waals surface area contributed by atoms with Crippen molar-refractivity contribution in [2.24, 2.45) is 7.05 Å². The number of pyridine rings is 1. The van der Waals surface area contributed by atoms with Crippen molar-refractivity contribution in [1.82, 2.24) is 14.5 Å². The highest BCUT2D eigenvalue weighted by Crippen LogP contribution is 2.34. The van der Waals surface area contributed by atoms with Crippen LogP contribution in [0, 0.1) is 6.92 Å². The minimum Gasteiger partial charge on any atom is -0.358 e. The molecule has 7 heteroatoms. The second-order valence-corrected chi connectivity index (χ2v) is 7.91. The molecule has 0 aliphatic rings. The summed E-state index contributed by atoms with van der Waals surface area (Å²) >= 11 is 12.4. The number of likely N-dealkylation sites (N-methyl/N-ethyl adjacent to an activating group) is 1. The van der Waals surface area contributed by atoms with E-state index in [0.29, 0.717) is 26.8 Å². The van der Waals surface area contributed by atoms with E-state index in [1.807, 2.05) is 29.7 Å². The van der Waals surface area contributed by atoms with Crippen LogP contribution < -0.4 is 10.9 Å². The molecule has 4 aromatic rings. The third-order valence-electron chi connectivity index (χ3n) is 5.17. The Bertz CT molecular complexity index is 1350. The summed E-state index contributed by atoms with van der Waals surface area (Å²) < 4.78 is 3.45. The summed E-state index contributed by atoms with van der Waals surface area (Å²) in [5, 5.41) is 5.44. The van der Waals surface area contributed by atoms with Crippen molar-refractivity contribution in [3.63, 3.8) is 0 Å². The van der Waals surface area contributed by atoms with E-state index >= 15 is 0 Å². The molecule has 2 aromatic carbocycles. The Balaban J connectivity index is 2.13. The fourth-order valence-electron chi connectivity index (χ4n) is 3.75. The third kappa shape index (κ3) is 3.20. The molecule has 0 unspecified atom stereocenters. The molecule has 5 nitrogen and oxygen atoms in total. The number of rotatable bonds is 3. The van der Waals surface area contributed by atoms with Crippen LogP contribution in [-0.2, 0) is 18.4 Å². The van der Waals surface area contributed by atoms with Crippen LogP contribution in [-0.4, -0.2) is 22.1 Å². The predicted octanol–water partition coefficient (Wildman–Crippen LogP) is 4.52. The van der Waals surface area contributed by atoms with Crippen LogP contribution in [0.5, 0.6) is 0 Å². The Morgan fingerprint density at radius 3 is 2.48 bits per heavy atom. The summed E-state index contributed by atoms with van der Waals surface area (Å²) in [6.07, 6.45) is 0. The molecule has 1 amide bonds. The van der Waals surface area contributed by atoms with Crippen LogP contribution >= 0.6 is 23.2 Å². The van der Waals surface area contributed by atoms with E-state index in [9.17, 15) is 9.59 Å². The van der Waals surface area contributed by atoms with Crippen molar-refractivity contribution in [1.29, 1.82) is 0 Å². The Morgan fingerprint density at radius 1 is 1.03 bits per heavy atom. The van der Waals surface area contributed by atoms with Crippen LogP contribution in [0.15, 0.2) is 47.3 Å². The maximum atomic E-state index is 13.2. The fraction of sp³-hybridized carbons (Fsp3) is 0.182. The standard InChI is InChI=1S/C22H19Cl2N3O2/c1-12-4-7-19-15(8-12)16-10-17(14-6-5-13(23)9-18(14)24)22(29)26(3)21(16)27(19)11-20(28)25-2/h4-10H,11H2,1-3H3,(H,25,28). The molecule has 0 spiro atoms. The lowest BCUT2D eigenvalue weighted by molar-refractivity contribution is -0.121. The number of benzene rings is 2. The first-order chi connectivity index (χ1) is 13.8. The molecule has 0 aliphatic carbocycles. The van der Waals surface area contributed by atoms with E-state index in [4.69, 9.17) is 23.2 Å². The van der Waals surface area contributed by atoms with Gasteiger partial charge in [-0.3, -0.25) is 14.2 Å². The topological polar surface area (TPSA) is 56.0 Å². The number of halogens is 2. The van der Waals surface area contributed by atoms with Crippen molar-refractivity contribution in [3.8, 4) is 11.1 Å². The first-order valence-electron chi connectivity index (χ1n) is 9.10. The van der Waals surface area contributed by atoms with Crippen LogP contribution in [0.3, 0.4) is 0 Å². The summed E-state index contributed by atoms with van der Waals surface area (Å²) in [7, 11) is 3.31. The average molecular weight is 428 g/mol. The SMILES string of the molecule is CNC(=O)Cn1c2ccc(C)cc2c2cc(-c3ccc(Cl)cc3Cl)c(=O)n(C)c21. The monoisotopic (exact) mass is 427 g/mol. The predicted molar refractivity (Wildman–Crippen MR) is 119 cm³/mol. The van der Waals surface area contributed by atoms with Crippen LogP contribution in [0.4, 0.5) is 0 Å². The lowest BCUT2D eigenvalue weighted by Gasteiger charge is -2.12. The Hall–Kier alpha value is -2.76. The maximum Gasteiger partial charge on any atom is 0.259 e. The van der Waals surface area contributed by atoms with Gasteiger partial charge in [0.15, 0.2) is 0 Å². The van der Waals surface area contributed by atoms with Gasteiger partial charge in [-0.15, -0.1) is 0 Å². The van der Waals surface area contributed by atoms with Crippen molar-refractivity contribution >= 4 is 51.0 Å². The van der Waals surface area contributed by atoms with Gasteiger partial charge in [0.1, 0.15) is 12.2 Å². The van der Waals surface area contributed by atoms with Gasteiger partial charge < -0.3 is 9.88 Å².